The summed E-state index contributed by atoms with van der Waals surface area (Å²) in [5.41, 5.74) is 7.43. The number of nitrogens with one attached hydrogen (secondary N) is 2. The fourth-order valence-electron chi connectivity index (χ4n) is 3.93. The first-order valence-electron chi connectivity index (χ1n) is 12.1. The third-order valence-corrected chi connectivity index (χ3v) is 5.66. The van der Waals surface area contributed by atoms with Gasteiger partial charge in [0.1, 0.15) is 0 Å². The molecule has 0 radical (unpaired) electrons. The molecule has 0 aliphatic carbocycles. The van der Waals surface area contributed by atoms with E-state index in [1.165, 1.54) is 0 Å². The summed E-state index contributed by atoms with van der Waals surface area (Å²) in [5.74, 6) is -0.712. The fraction of sp³-hybridized carbons (Fsp3) is 0.286. The van der Waals surface area contributed by atoms with Crippen molar-refractivity contribution in [2.24, 2.45) is 5.10 Å². The van der Waals surface area contributed by atoms with Crippen LogP contribution in [0.1, 0.15) is 59.2 Å². The van der Waals surface area contributed by atoms with E-state index in [0.717, 1.165) is 28.2 Å². The maximum Gasteiger partial charge on any atom is 0.407 e. The Kier molecular flexibility index (Phi) is 9.60. The number of carbonyl (C=O) groups is 3. The zero-order valence-electron chi connectivity index (χ0n) is 21.5. The van der Waals surface area contributed by atoms with Crippen molar-refractivity contribution in [1.29, 1.82) is 0 Å². The molecule has 0 fully saturated rings. The lowest BCUT2D eigenvalue weighted by atomic mass is 10.0. The predicted octanol–water partition coefficient (Wildman–Crippen LogP) is 4.60. The Balaban J connectivity index is 1.68. The van der Waals surface area contributed by atoms with Crippen molar-refractivity contribution in [1.82, 2.24) is 15.3 Å². The van der Waals surface area contributed by atoms with Gasteiger partial charge >= 0.3 is 12.1 Å². The maximum atomic E-state index is 12.6. The van der Waals surface area contributed by atoms with E-state index in [1.807, 2.05) is 66.9 Å². The highest BCUT2D eigenvalue weighted by Gasteiger charge is 2.19. The topological polar surface area (TPSA) is 111 Å². The third kappa shape index (κ3) is 7.30. The van der Waals surface area contributed by atoms with E-state index in [2.05, 4.69) is 15.8 Å². The van der Waals surface area contributed by atoms with Crippen molar-refractivity contribution in [2.75, 3.05) is 13.2 Å². The van der Waals surface area contributed by atoms with Gasteiger partial charge in [0.05, 0.1) is 37.5 Å². The van der Waals surface area contributed by atoms with Crippen molar-refractivity contribution in [3.8, 4) is 5.69 Å². The SMILES string of the molecule is CCOC(=O)N[C@@H](CC(=O)N/N=C\c1cc(C)n(-c2ccc(C(=O)OCC)cc2)c1C)c1ccccc1. The third-order valence-electron chi connectivity index (χ3n) is 5.66. The zero-order valence-corrected chi connectivity index (χ0v) is 21.5. The Morgan fingerprint density at radius 3 is 2.30 bits per heavy atom. The largest absolute Gasteiger partial charge is 0.462 e. The highest BCUT2D eigenvalue weighted by atomic mass is 16.5. The average Bonchev–Trinajstić information content (AvgIpc) is 3.17. The van der Waals surface area contributed by atoms with Crippen molar-refractivity contribution in [3.05, 3.63) is 88.7 Å². The molecule has 9 nitrogen and oxygen atoms in total. The van der Waals surface area contributed by atoms with E-state index in [9.17, 15) is 14.4 Å². The van der Waals surface area contributed by atoms with Crippen molar-refractivity contribution >= 4 is 24.2 Å². The van der Waals surface area contributed by atoms with Gasteiger partial charge < -0.3 is 19.4 Å². The summed E-state index contributed by atoms with van der Waals surface area (Å²) in [6, 6.07) is 17.8. The summed E-state index contributed by atoms with van der Waals surface area (Å²) >= 11 is 0. The van der Waals surface area contributed by atoms with Gasteiger partial charge in [0.25, 0.3) is 0 Å². The number of hydrazone groups is 1. The number of esters is 1. The summed E-state index contributed by atoms with van der Waals surface area (Å²) in [6.45, 7) is 7.96. The molecule has 9 heteroatoms. The summed E-state index contributed by atoms with van der Waals surface area (Å²) in [4.78, 5) is 36.5. The van der Waals surface area contributed by atoms with Gasteiger partial charge in [-0.2, -0.15) is 5.10 Å². The normalized spacial score (nSPS) is 11.7. The second kappa shape index (κ2) is 13.1. The van der Waals surface area contributed by atoms with Crippen LogP contribution in [-0.2, 0) is 14.3 Å². The predicted molar refractivity (Wildman–Crippen MR) is 141 cm³/mol. The number of alkyl carbamates (subject to hydrolysis) is 1. The molecule has 3 aromatic rings. The molecule has 0 unspecified atom stereocenters. The molecule has 37 heavy (non-hydrogen) atoms. The molecule has 1 aromatic heterocycles. The number of hydrogen-bond acceptors (Lipinski definition) is 6. The maximum absolute atomic E-state index is 12.6. The number of ether oxygens (including phenoxy) is 2. The Hall–Kier alpha value is -4.40. The highest BCUT2D eigenvalue weighted by Crippen LogP contribution is 2.21. The van der Waals surface area contributed by atoms with Gasteiger partial charge in [-0.25, -0.2) is 15.0 Å². The van der Waals surface area contributed by atoms with Gasteiger partial charge in [0.15, 0.2) is 0 Å². The highest BCUT2D eigenvalue weighted by molar-refractivity contribution is 5.89. The quantitative estimate of drug-likeness (QED) is 0.238. The second-order valence-electron chi connectivity index (χ2n) is 8.25. The molecule has 1 heterocycles. The minimum absolute atomic E-state index is 0.00793. The van der Waals surface area contributed by atoms with Crippen LogP contribution in [0, 0.1) is 13.8 Å². The summed E-state index contributed by atoms with van der Waals surface area (Å²) in [6.07, 6.45) is 0.988. The van der Waals surface area contributed by atoms with E-state index < -0.39 is 12.1 Å². The second-order valence-corrected chi connectivity index (χ2v) is 8.25. The minimum atomic E-state index is -0.588. The molecule has 0 saturated carbocycles. The van der Waals surface area contributed by atoms with Crippen LogP contribution in [0.4, 0.5) is 4.79 Å². The molecule has 2 amide bonds. The molecule has 2 N–H and O–H groups in total. The molecule has 0 saturated heterocycles. The summed E-state index contributed by atoms with van der Waals surface area (Å²) < 4.78 is 12.0. The van der Waals surface area contributed by atoms with E-state index in [-0.39, 0.29) is 24.9 Å². The van der Waals surface area contributed by atoms with Crippen LogP contribution < -0.4 is 10.7 Å². The van der Waals surface area contributed by atoms with Crippen LogP contribution in [-0.4, -0.2) is 42.0 Å². The van der Waals surface area contributed by atoms with Crippen LogP contribution >= 0.6 is 0 Å². The lowest BCUT2D eigenvalue weighted by Gasteiger charge is -2.18. The number of hydrogen-bond donors (Lipinski definition) is 2. The van der Waals surface area contributed by atoms with Crippen LogP contribution in [0.2, 0.25) is 0 Å². The lowest BCUT2D eigenvalue weighted by Crippen LogP contribution is -2.33. The fourth-order valence-corrected chi connectivity index (χ4v) is 3.93. The number of nitrogens with zero attached hydrogens (tertiary/aromatic N) is 2. The molecule has 0 spiro atoms. The number of aromatic nitrogens is 1. The standard InChI is InChI=1S/C28H32N4O5/c1-5-36-27(34)22-12-14-24(15-13-22)32-19(3)16-23(20(32)4)18-29-31-26(33)17-25(30-28(35)37-6-2)21-10-8-7-9-11-21/h7-16,18,25H,5-6,17H2,1-4H3,(H,30,35)(H,31,33)/b29-18-/t25-/m0/s1. The van der Waals surface area contributed by atoms with Crippen molar-refractivity contribution < 1.29 is 23.9 Å². The molecule has 2 aromatic carbocycles. The smallest absolute Gasteiger partial charge is 0.407 e. The number of rotatable bonds is 10. The van der Waals surface area contributed by atoms with Crippen LogP contribution in [0.15, 0.2) is 65.8 Å². The molecule has 0 aliphatic rings. The van der Waals surface area contributed by atoms with Crippen LogP contribution in [0.25, 0.3) is 5.69 Å². The number of benzene rings is 2. The molecular formula is C28H32N4O5. The Bertz CT molecular complexity index is 1250. The van der Waals surface area contributed by atoms with E-state index in [4.69, 9.17) is 9.47 Å². The minimum Gasteiger partial charge on any atom is -0.462 e. The number of amides is 2. The van der Waals surface area contributed by atoms with E-state index in [1.54, 1.807) is 32.2 Å². The van der Waals surface area contributed by atoms with Gasteiger partial charge in [-0.15, -0.1) is 0 Å². The van der Waals surface area contributed by atoms with Crippen LogP contribution in [0.3, 0.4) is 0 Å². The molecule has 1 atom stereocenters. The first kappa shape index (κ1) is 27.2. The monoisotopic (exact) mass is 504 g/mol. The molecular weight excluding hydrogens is 472 g/mol. The molecule has 0 aliphatic heterocycles. The first-order valence-corrected chi connectivity index (χ1v) is 12.1. The summed E-state index contributed by atoms with van der Waals surface area (Å²) in [5, 5.41) is 6.85. The average molecular weight is 505 g/mol. The lowest BCUT2D eigenvalue weighted by molar-refractivity contribution is -0.121. The molecule has 3 rings (SSSR count). The molecule has 0 bridgehead atoms. The van der Waals surface area contributed by atoms with Gasteiger partial charge in [0, 0.05) is 22.6 Å². The van der Waals surface area contributed by atoms with Gasteiger partial charge in [-0.3, -0.25) is 4.79 Å². The van der Waals surface area contributed by atoms with Crippen molar-refractivity contribution in [3.63, 3.8) is 0 Å². The van der Waals surface area contributed by atoms with Gasteiger partial charge in [-0.1, -0.05) is 30.3 Å². The van der Waals surface area contributed by atoms with Crippen molar-refractivity contribution in [2.45, 2.75) is 40.2 Å². The van der Waals surface area contributed by atoms with Gasteiger partial charge in [0.2, 0.25) is 5.91 Å². The Morgan fingerprint density at radius 2 is 1.65 bits per heavy atom. The zero-order chi connectivity index (χ0) is 26.8. The van der Waals surface area contributed by atoms with Gasteiger partial charge in [-0.05, 0) is 63.6 Å². The van der Waals surface area contributed by atoms with Crippen LogP contribution in [0.5, 0.6) is 0 Å². The Labute approximate surface area is 216 Å². The summed E-state index contributed by atoms with van der Waals surface area (Å²) in [7, 11) is 0. The first-order chi connectivity index (χ1) is 17.8. The van der Waals surface area contributed by atoms with E-state index >= 15 is 0 Å². The number of aryl methyl sites for hydroxylation is 1. The molecule has 194 valence electrons. The number of carbonyl (C=O) groups excluding carboxylic acids is 3. The van der Waals surface area contributed by atoms with E-state index in [0.29, 0.717) is 12.2 Å². The Morgan fingerprint density at radius 1 is 0.973 bits per heavy atom.